The van der Waals surface area contributed by atoms with E-state index in [2.05, 4.69) is 0 Å². The molecule has 1 N–H and O–H groups in total. The molecule has 44 valence electrons. The number of carboxylic acid groups (broad SMARTS) is 1. The molecule has 0 aromatic carbocycles. The van der Waals surface area contributed by atoms with Gasteiger partial charge in [0.2, 0.25) is 0 Å². The minimum absolute atomic E-state index is 0.972. The SMILES string of the molecule is O=C(O)/C=C/C=C/Cl. The van der Waals surface area contributed by atoms with Gasteiger partial charge in [0.05, 0.1) is 0 Å². The Kier molecular flexibility index (Phi) is 3.98. The average molecular weight is 133 g/mol. The molecule has 0 aliphatic heterocycles. The van der Waals surface area contributed by atoms with Crippen LogP contribution in [0.3, 0.4) is 0 Å². The lowest BCUT2D eigenvalue weighted by molar-refractivity contribution is -0.131. The van der Waals surface area contributed by atoms with Gasteiger partial charge in [-0.05, 0) is 0 Å². The van der Waals surface area contributed by atoms with Crippen molar-refractivity contribution < 1.29 is 9.90 Å². The van der Waals surface area contributed by atoms with Crippen LogP contribution < -0.4 is 0 Å². The minimum Gasteiger partial charge on any atom is -0.478 e. The zero-order chi connectivity index (χ0) is 6.41. The van der Waals surface area contributed by atoms with E-state index in [0.29, 0.717) is 0 Å². The molecule has 0 unspecified atom stereocenters. The average Bonchev–Trinajstić information content (AvgIpc) is 1.66. The van der Waals surface area contributed by atoms with E-state index in [0.717, 1.165) is 6.08 Å². The predicted molar refractivity (Wildman–Crippen MR) is 31.8 cm³/mol. The maximum absolute atomic E-state index is 9.71. The van der Waals surface area contributed by atoms with Gasteiger partial charge in [-0.1, -0.05) is 23.8 Å². The quantitative estimate of drug-likeness (QED) is 0.455. The Morgan fingerprint density at radius 2 is 2.12 bits per heavy atom. The summed E-state index contributed by atoms with van der Waals surface area (Å²) in [6.07, 6.45) is 3.77. The lowest BCUT2D eigenvalue weighted by Gasteiger charge is -1.71. The van der Waals surface area contributed by atoms with E-state index < -0.39 is 5.97 Å². The Hall–Kier alpha value is -0.760. The van der Waals surface area contributed by atoms with Crippen molar-refractivity contribution in [3.05, 3.63) is 23.8 Å². The Balaban J connectivity index is 3.50. The van der Waals surface area contributed by atoms with Crippen LogP contribution in [0.5, 0.6) is 0 Å². The van der Waals surface area contributed by atoms with Gasteiger partial charge in [-0.25, -0.2) is 4.79 Å². The summed E-state index contributed by atoms with van der Waals surface area (Å²) in [6.45, 7) is 0. The van der Waals surface area contributed by atoms with Crippen LogP contribution in [0.2, 0.25) is 0 Å². The summed E-state index contributed by atoms with van der Waals surface area (Å²) in [5, 5.41) is 7.98. The maximum atomic E-state index is 9.71. The van der Waals surface area contributed by atoms with Gasteiger partial charge in [-0.15, -0.1) is 0 Å². The Labute approximate surface area is 52.1 Å². The third-order valence-electron chi connectivity index (χ3n) is 0.423. The molecule has 8 heavy (non-hydrogen) atoms. The Morgan fingerprint density at radius 1 is 1.50 bits per heavy atom. The van der Waals surface area contributed by atoms with Gasteiger partial charge in [0.15, 0.2) is 0 Å². The summed E-state index contributed by atoms with van der Waals surface area (Å²) in [5.41, 5.74) is 1.24. The van der Waals surface area contributed by atoms with Gasteiger partial charge < -0.3 is 5.11 Å². The molecule has 0 atom stereocenters. The van der Waals surface area contributed by atoms with E-state index in [1.54, 1.807) is 0 Å². The van der Waals surface area contributed by atoms with Crippen LogP contribution in [0.4, 0.5) is 0 Å². The van der Waals surface area contributed by atoms with Crippen LogP contribution in [0.15, 0.2) is 23.8 Å². The van der Waals surface area contributed by atoms with Gasteiger partial charge in [0, 0.05) is 11.6 Å². The second kappa shape index (κ2) is 4.40. The first-order valence-corrected chi connectivity index (χ1v) is 2.37. The lowest BCUT2D eigenvalue weighted by atomic mass is 10.5. The molecule has 0 aliphatic carbocycles. The van der Waals surface area contributed by atoms with Crippen LogP contribution >= 0.6 is 11.6 Å². The molecule has 0 saturated carbocycles. The zero-order valence-corrected chi connectivity index (χ0v) is 4.80. The molecular formula is C5H5ClO2. The topological polar surface area (TPSA) is 37.3 Å². The smallest absolute Gasteiger partial charge is 0.328 e. The number of hydrogen-bond donors (Lipinski definition) is 1. The molecule has 0 aromatic rings. The van der Waals surface area contributed by atoms with E-state index in [9.17, 15) is 4.79 Å². The first-order chi connectivity index (χ1) is 3.77. The second-order valence-corrected chi connectivity index (χ2v) is 1.27. The molecule has 0 aliphatic rings. The van der Waals surface area contributed by atoms with Crippen molar-refractivity contribution in [3.63, 3.8) is 0 Å². The van der Waals surface area contributed by atoms with Gasteiger partial charge in [0.1, 0.15) is 0 Å². The van der Waals surface area contributed by atoms with Crippen molar-refractivity contribution in [2.45, 2.75) is 0 Å². The summed E-state index contributed by atoms with van der Waals surface area (Å²) in [6, 6.07) is 0. The highest BCUT2D eigenvalue weighted by atomic mass is 35.5. The molecule has 0 rings (SSSR count). The summed E-state index contributed by atoms with van der Waals surface area (Å²) >= 11 is 5.06. The number of halogens is 1. The van der Waals surface area contributed by atoms with Crippen LogP contribution in [-0.2, 0) is 4.79 Å². The summed E-state index contributed by atoms with van der Waals surface area (Å²) in [7, 11) is 0. The zero-order valence-electron chi connectivity index (χ0n) is 4.04. The second-order valence-electron chi connectivity index (χ2n) is 1.02. The van der Waals surface area contributed by atoms with Crippen LogP contribution in [0, 0.1) is 0 Å². The fourth-order valence-corrected chi connectivity index (χ4v) is 0.264. The van der Waals surface area contributed by atoms with Gasteiger partial charge >= 0.3 is 5.97 Å². The number of aliphatic carboxylic acids is 1. The number of hydrogen-bond acceptors (Lipinski definition) is 1. The van der Waals surface area contributed by atoms with Crippen molar-refractivity contribution in [1.82, 2.24) is 0 Å². The third kappa shape index (κ3) is 5.24. The molecule has 0 fully saturated rings. The third-order valence-corrected chi connectivity index (χ3v) is 0.568. The van der Waals surface area contributed by atoms with E-state index in [1.807, 2.05) is 0 Å². The van der Waals surface area contributed by atoms with Crippen LogP contribution in [-0.4, -0.2) is 11.1 Å². The fraction of sp³-hybridized carbons (Fsp3) is 0. The van der Waals surface area contributed by atoms with E-state index >= 15 is 0 Å². The molecule has 0 amide bonds. The van der Waals surface area contributed by atoms with E-state index in [-0.39, 0.29) is 0 Å². The molecule has 3 heteroatoms. The highest BCUT2D eigenvalue weighted by molar-refractivity contribution is 6.25. The molecule has 0 saturated heterocycles. The molecule has 0 bridgehead atoms. The summed E-state index contributed by atoms with van der Waals surface area (Å²) < 4.78 is 0. The first-order valence-electron chi connectivity index (χ1n) is 1.93. The maximum Gasteiger partial charge on any atom is 0.328 e. The molecule has 0 radical (unpaired) electrons. The summed E-state index contributed by atoms with van der Waals surface area (Å²) in [5.74, 6) is -0.972. The van der Waals surface area contributed by atoms with E-state index in [4.69, 9.17) is 16.7 Å². The molecule has 0 heterocycles. The monoisotopic (exact) mass is 132 g/mol. The van der Waals surface area contributed by atoms with E-state index in [1.165, 1.54) is 17.7 Å². The highest BCUT2D eigenvalue weighted by Gasteiger charge is 1.78. The lowest BCUT2D eigenvalue weighted by Crippen LogP contribution is -1.83. The molecular weight excluding hydrogens is 128 g/mol. The van der Waals surface area contributed by atoms with Gasteiger partial charge in [-0.2, -0.15) is 0 Å². The number of carbonyl (C=O) groups is 1. The van der Waals surface area contributed by atoms with Crippen molar-refractivity contribution >= 4 is 17.6 Å². The largest absolute Gasteiger partial charge is 0.478 e. The minimum atomic E-state index is -0.972. The van der Waals surface area contributed by atoms with Crippen molar-refractivity contribution in [2.24, 2.45) is 0 Å². The van der Waals surface area contributed by atoms with Gasteiger partial charge in [-0.3, -0.25) is 0 Å². The highest BCUT2D eigenvalue weighted by Crippen LogP contribution is 1.79. The number of carboxylic acids is 1. The standard InChI is InChI=1S/C5H5ClO2/c6-4-2-1-3-5(7)8/h1-4H,(H,7,8)/b3-1+,4-2+. The van der Waals surface area contributed by atoms with Crippen molar-refractivity contribution in [2.75, 3.05) is 0 Å². The Morgan fingerprint density at radius 3 is 2.50 bits per heavy atom. The summed E-state index contributed by atoms with van der Waals surface area (Å²) in [4.78, 5) is 9.71. The van der Waals surface area contributed by atoms with Crippen molar-refractivity contribution in [3.8, 4) is 0 Å². The predicted octanol–water partition coefficient (Wildman–Crippen LogP) is 1.38. The molecule has 0 spiro atoms. The normalized spacial score (nSPS) is 11.1. The number of rotatable bonds is 2. The molecule has 2 nitrogen and oxygen atoms in total. The fourth-order valence-electron chi connectivity index (χ4n) is 0.180. The van der Waals surface area contributed by atoms with Crippen LogP contribution in [0.25, 0.3) is 0 Å². The first kappa shape index (κ1) is 7.24. The van der Waals surface area contributed by atoms with Gasteiger partial charge in [0.25, 0.3) is 0 Å². The van der Waals surface area contributed by atoms with Crippen LogP contribution in [0.1, 0.15) is 0 Å². The number of allylic oxidation sites excluding steroid dienone is 2. The Bertz CT molecular complexity index is 126. The van der Waals surface area contributed by atoms with Crippen molar-refractivity contribution in [1.29, 1.82) is 0 Å². The molecule has 0 aromatic heterocycles.